The van der Waals surface area contributed by atoms with Crippen molar-refractivity contribution in [2.45, 2.75) is 27.7 Å². The number of aliphatic imine (C=N–C) groups is 1. The van der Waals surface area contributed by atoms with Crippen molar-refractivity contribution in [2.24, 2.45) is 4.99 Å². The van der Waals surface area contributed by atoms with Gasteiger partial charge in [-0.1, -0.05) is 5.57 Å². The smallest absolute Gasteiger partial charge is 0.352 e. The third kappa shape index (κ3) is 3.32. The summed E-state index contributed by atoms with van der Waals surface area (Å²) < 4.78 is 4.50. The van der Waals surface area contributed by atoms with Crippen LogP contribution in [0.3, 0.4) is 0 Å². The fourth-order valence-corrected chi connectivity index (χ4v) is 0.557. The largest absolute Gasteiger partial charge is 0.465 e. The molecule has 0 N–H and O–H groups in total. The van der Waals surface area contributed by atoms with Gasteiger partial charge in [-0.25, -0.2) is 4.79 Å². The number of carbonyl (C=O) groups excluding carboxylic acids is 1. The third-order valence-corrected chi connectivity index (χ3v) is 1.54. The zero-order valence-electron chi connectivity index (χ0n) is 8.26. The molecule has 0 saturated carbocycles. The molecule has 0 fully saturated rings. The Balaban J connectivity index is 4.58. The molecule has 0 rings (SSSR count). The van der Waals surface area contributed by atoms with Crippen molar-refractivity contribution in [2.75, 3.05) is 7.11 Å². The van der Waals surface area contributed by atoms with E-state index in [1.54, 1.807) is 6.92 Å². The number of hydrogen-bond donors (Lipinski definition) is 0. The molecule has 0 aromatic carbocycles. The molecule has 0 spiro atoms. The number of methoxy groups -OCH3 is 1. The van der Waals surface area contributed by atoms with Crippen molar-refractivity contribution in [1.29, 1.82) is 0 Å². The first-order valence-corrected chi connectivity index (χ1v) is 3.76. The van der Waals surface area contributed by atoms with Crippen molar-refractivity contribution in [3.63, 3.8) is 0 Å². The summed E-state index contributed by atoms with van der Waals surface area (Å²) in [5.74, 6) is -0.379. The minimum atomic E-state index is -0.379. The highest BCUT2D eigenvalue weighted by Gasteiger charge is 2.04. The van der Waals surface area contributed by atoms with Crippen LogP contribution in [-0.2, 0) is 9.53 Å². The molecule has 0 saturated heterocycles. The summed E-state index contributed by atoms with van der Waals surface area (Å²) in [5.41, 5.74) is 2.34. The van der Waals surface area contributed by atoms with E-state index in [2.05, 4.69) is 9.73 Å². The van der Waals surface area contributed by atoms with Gasteiger partial charge in [0.2, 0.25) is 0 Å². The maximum absolute atomic E-state index is 10.9. The van der Waals surface area contributed by atoms with Crippen LogP contribution in [0, 0.1) is 0 Å². The molecule has 0 aromatic heterocycles. The van der Waals surface area contributed by atoms with E-state index in [0.717, 1.165) is 11.3 Å². The van der Waals surface area contributed by atoms with Gasteiger partial charge >= 0.3 is 5.97 Å². The van der Waals surface area contributed by atoms with Crippen molar-refractivity contribution < 1.29 is 9.53 Å². The summed E-state index contributed by atoms with van der Waals surface area (Å²) in [5, 5.41) is 0. The first-order valence-electron chi connectivity index (χ1n) is 3.76. The fourth-order valence-electron chi connectivity index (χ4n) is 0.557. The van der Waals surface area contributed by atoms with E-state index in [1.165, 1.54) is 7.11 Å². The molecule has 0 aliphatic heterocycles. The van der Waals surface area contributed by atoms with E-state index in [1.807, 2.05) is 20.8 Å². The zero-order chi connectivity index (χ0) is 9.72. The highest BCUT2D eigenvalue weighted by atomic mass is 16.5. The number of ether oxygens (including phenoxy) is 1. The molecule has 3 nitrogen and oxygen atoms in total. The molecule has 0 atom stereocenters. The predicted molar refractivity (Wildman–Crippen MR) is 49.2 cm³/mol. The monoisotopic (exact) mass is 169 g/mol. The quantitative estimate of drug-likeness (QED) is 0.468. The Bertz CT molecular complexity index is 235. The van der Waals surface area contributed by atoms with Gasteiger partial charge in [-0.3, -0.25) is 4.99 Å². The van der Waals surface area contributed by atoms with Crippen LogP contribution in [0.15, 0.2) is 16.3 Å². The molecule has 0 radical (unpaired) electrons. The molecule has 0 heterocycles. The number of hydrogen-bond acceptors (Lipinski definition) is 3. The maximum Gasteiger partial charge on any atom is 0.352 e. The Kier molecular flexibility index (Phi) is 4.26. The zero-order valence-corrected chi connectivity index (χ0v) is 8.26. The van der Waals surface area contributed by atoms with Gasteiger partial charge in [-0.2, -0.15) is 0 Å². The van der Waals surface area contributed by atoms with Crippen molar-refractivity contribution in [3.05, 3.63) is 11.3 Å². The number of carbonyl (C=O) groups is 1. The average molecular weight is 169 g/mol. The second-order valence-corrected chi connectivity index (χ2v) is 2.77. The Morgan fingerprint density at radius 2 is 1.67 bits per heavy atom. The minimum Gasteiger partial charge on any atom is -0.465 e. The van der Waals surface area contributed by atoms with Crippen LogP contribution in [0.1, 0.15) is 27.7 Å². The molecule has 0 aliphatic rings. The number of rotatable bonds is 2. The molecule has 12 heavy (non-hydrogen) atoms. The lowest BCUT2D eigenvalue weighted by molar-refractivity contribution is -0.132. The maximum atomic E-state index is 10.9. The normalized spacial score (nSPS) is 10.9. The molecule has 0 aliphatic carbocycles. The average Bonchev–Trinajstić information content (AvgIpc) is 2.02. The number of esters is 1. The number of allylic oxidation sites excluding steroid dienone is 2. The van der Waals surface area contributed by atoms with E-state index in [4.69, 9.17) is 0 Å². The molecule has 0 bridgehead atoms. The van der Waals surface area contributed by atoms with Gasteiger partial charge in [0, 0.05) is 5.70 Å². The molecular formula is C9H15NO2. The van der Waals surface area contributed by atoms with Crippen LogP contribution in [0.25, 0.3) is 0 Å². The Morgan fingerprint density at radius 3 is 2.00 bits per heavy atom. The molecule has 0 amide bonds. The molecular weight excluding hydrogens is 154 g/mol. The van der Waals surface area contributed by atoms with Gasteiger partial charge in [-0.15, -0.1) is 0 Å². The second-order valence-electron chi connectivity index (χ2n) is 2.77. The van der Waals surface area contributed by atoms with Crippen LogP contribution in [-0.4, -0.2) is 18.8 Å². The van der Waals surface area contributed by atoms with Gasteiger partial charge in [0.15, 0.2) is 0 Å². The van der Waals surface area contributed by atoms with Crippen LogP contribution in [0.5, 0.6) is 0 Å². The second kappa shape index (κ2) is 4.70. The van der Waals surface area contributed by atoms with E-state index < -0.39 is 0 Å². The van der Waals surface area contributed by atoms with E-state index >= 15 is 0 Å². The standard InChI is InChI=1S/C9H15NO2/c1-6(2)7(3)10-8(4)9(11)12-5/h1-5H3. The van der Waals surface area contributed by atoms with Crippen LogP contribution in [0.2, 0.25) is 0 Å². The third-order valence-electron chi connectivity index (χ3n) is 1.54. The lowest BCUT2D eigenvalue weighted by atomic mass is 10.3. The first-order chi connectivity index (χ1) is 5.49. The highest BCUT2D eigenvalue weighted by molar-refractivity contribution is 6.35. The van der Waals surface area contributed by atoms with Crippen molar-refractivity contribution in [3.8, 4) is 0 Å². The predicted octanol–water partition coefficient (Wildman–Crippen LogP) is 1.93. The summed E-state index contributed by atoms with van der Waals surface area (Å²) in [6.45, 7) is 7.40. The summed E-state index contributed by atoms with van der Waals surface area (Å²) in [6, 6.07) is 0. The van der Waals surface area contributed by atoms with Gasteiger partial charge in [0.25, 0.3) is 0 Å². The van der Waals surface area contributed by atoms with Crippen LogP contribution in [0.4, 0.5) is 0 Å². The first kappa shape index (κ1) is 10.9. The SMILES string of the molecule is COC(=O)C(C)=NC(C)=C(C)C. The van der Waals surface area contributed by atoms with E-state index in [-0.39, 0.29) is 5.97 Å². The van der Waals surface area contributed by atoms with E-state index in [0.29, 0.717) is 5.71 Å². The number of nitrogens with zero attached hydrogens (tertiary/aromatic N) is 1. The van der Waals surface area contributed by atoms with Gasteiger partial charge in [0.1, 0.15) is 5.71 Å². The Labute approximate surface area is 73.1 Å². The highest BCUT2D eigenvalue weighted by Crippen LogP contribution is 2.03. The van der Waals surface area contributed by atoms with Gasteiger partial charge < -0.3 is 4.74 Å². The molecule has 0 unspecified atom stereocenters. The molecule has 0 aromatic rings. The van der Waals surface area contributed by atoms with Crippen molar-refractivity contribution in [1.82, 2.24) is 0 Å². The Morgan fingerprint density at radius 1 is 1.17 bits per heavy atom. The lowest BCUT2D eigenvalue weighted by Crippen LogP contribution is -2.11. The summed E-state index contributed by atoms with van der Waals surface area (Å²) >= 11 is 0. The topological polar surface area (TPSA) is 38.7 Å². The summed E-state index contributed by atoms with van der Waals surface area (Å²) in [6.07, 6.45) is 0. The minimum absolute atomic E-state index is 0.379. The van der Waals surface area contributed by atoms with Crippen molar-refractivity contribution >= 4 is 11.7 Å². The van der Waals surface area contributed by atoms with E-state index in [9.17, 15) is 4.79 Å². The lowest BCUT2D eigenvalue weighted by Gasteiger charge is -1.99. The Hall–Kier alpha value is -1.12. The summed E-state index contributed by atoms with van der Waals surface area (Å²) in [7, 11) is 1.35. The van der Waals surface area contributed by atoms with Crippen LogP contribution < -0.4 is 0 Å². The summed E-state index contributed by atoms with van der Waals surface area (Å²) in [4.78, 5) is 15.0. The fraction of sp³-hybridized carbons (Fsp3) is 0.556. The molecule has 3 heteroatoms. The van der Waals surface area contributed by atoms with Crippen LogP contribution >= 0.6 is 0 Å². The van der Waals surface area contributed by atoms with Gasteiger partial charge in [0.05, 0.1) is 7.11 Å². The van der Waals surface area contributed by atoms with Gasteiger partial charge in [-0.05, 0) is 27.7 Å². The molecule has 68 valence electrons.